The number of aromatic nitrogens is 1. The first-order chi connectivity index (χ1) is 34.7. The van der Waals surface area contributed by atoms with Crippen LogP contribution in [-0.4, -0.2) is 4.57 Å². The molecule has 2 heteroatoms. The highest BCUT2D eigenvalue weighted by Crippen LogP contribution is 2.60. The molecule has 0 saturated heterocycles. The van der Waals surface area contributed by atoms with Gasteiger partial charge in [0.15, 0.2) is 0 Å². The van der Waals surface area contributed by atoms with Gasteiger partial charge in [-0.3, -0.25) is 0 Å². The van der Waals surface area contributed by atoms with E-state index in [-0.39, 0.29) is 11.3 Å². The zero-order valence-corrected chi connectivity index (χ0v) is 38.9. The molecule has 1 heterocycles. The smallest absolute Gasteiger partial charge is 0.0711 e. The van der Waals surface area contributed by atoms with Crippen molar-refractivity contribution in [2.24, 2.45) is 5.92 Å². The Hall–Kier alpha value is -8.46. The Morgan fingerprint density at radius 3 is 1.59 bits per heavy atom. The minimum Gasteiger partial charge on any atom is -0.311 e. The lowest BCUT2D eigenvalue weighted by atomic mass is 9.62. The van der Waals surface area contributed by atoms with Crippen LogP contribution in [0.1, 0.15) is 52.6 Å². The molecule has 0 spiro atoms. The van der Waals surface area contributed by atoms with E-state index in [1.54, 1.807) is 0 Å². The summed E-state index contributed by atoms with van der Waals surface area (Å²) < 4.78 is 2.41. The molecule has 0 N–H and O–H groups in total. The van der Waals surface area contributed by atoms with E-state index >= 15 is 0 Å². The maximum absolute atomic E-state index is 2.52. The molecule has 0 saturated carbocycles. The number of benzene rings is 9. The van der Waals surface area contributed by atoms with E-state index in [1.165, 1.54) is 88.7 Å². The first-order valence-corrected chi connectivity index (χ1v) is 24.9. The van der Waals surface area contributed by atoms with E-state index in [1.807, 2.05) is 0 Å². The number of rotatable bonds is 8. The van der Waals surface area contributed by atoms with Crippen LogP contribution in [0.5, 0.6) is 0 Å². The van der Waals surface area contributed by atoms with E-state index in [0.717, 1.165) is 36.3 Å². The van der Waals surface area contributed by atoms with Crippen molar-refractivity contribution in [2.45, 2.75) is 30.1 Å². The highest BCUT2D eigenvalue weighted by atomic mass is 15.1. The molecule has 0 fully saturated rings. The average molecular weight is 895 g/mol. The number of hydrogen-bond acceptors (Lipinski definition) is 1. The van der Waals surface area contributed by atoms with Crippen molar-refractivity contribution in [1.29, 1.82) is 0 Å². The molecule has 2 unspecified atom stereocenters. The van der Waals surface area contributed by atoms with E-state index in [2.05, 4.69) is 270 Å². The second kappa shape index (κ2) is 16.1. The fraction of sp³-hybridized carbons (Fsp3) is 0.0882. The minimum absolute atomic E-state index is 0.174. The highest BCUT2D eigenvalue weighted by molar-refractivity contribution is 6.09. The van der Waals surface area contributed by atoms with Gasteiger partial charge in [-0.1, -0.05) is 206 Å². The molecule has 1 aromatic heterocycles. The highest BCUT2D eigenvalue weighted by Gasteiger charge is 2.50. The minimum atomic E-state index is -0.473. The fourth-order valence-corrected chi connectivity index (χ4v) is 13.2. The lowest BCUT2D eigenvalue weighted by Crippen LogP contribution is -2.36. The third kappa shape index (κ3) is 5.80. The summed E-state index contributed by atoms with van der Waals surface area (Å²) in [6, 6.07) is 83.9. The van der Waals surface area contributed by atoms with Gasteiger partial charge in [-0.05, 0) is 141 Å². The van der Waals surface area contributed by atoms with Crippen molar-refractivity contribution in [1.82, 2.24) is 4.57 Å². The number of anilines is 2. The lowest BCUT2D eigenvalue weighted by Gasteiger charge is -2.41. The Morgan fingerprint density at radius 2 is 0.971 bits per heavy atom. The van der Waals surface area contributed by atoms with Crippen molar-refractivity contribution in [3.63, 3.8) is 0 Å². The Labute approximate surface area is 410 Å². The number of allylic oxidation sites excluding steroid dienone is 7. The quantitative estimate of drug-likeness (QED) is 0.148. The first-order valence-electron chi connectivity index (χ1n) is 24.9. The van der Waals surface area contributed by atoms with Gasteiger partial charge in [0.2, 0.25) is 0 Å². The molecule has 332 valence electrons. The summed E-state index contributed by atoms with van der Waals surface area (Å²) in [5.74, 6) is 0.174. The largest absolute Gasteiger partial charge is 0.311 e. The van der Waals surface area contributed by atoms with Gasteiger partial charge in [0, 0.05) is 33.5 Å². The van der Waals surface area contributed by atoms with Crippen LogP contribution in [0.3, 0.4) is 0 Å². The molecule has 14 rings (SSSR count). The zero-order chi connectivity index (χ0) is 46.2. The van der Waals surface area contributed by atoms with E-state index < -0.39 is 5.41 Å². The summed E-state index contributed by atoms with van der Waals surface area (Å²) >= 11 is 0. The number of para-hydroxylation sites is 2. The van der Waals surface area contributed by atoms with Crippen molar-refractivity contribution in [3.05, 3.63) is 306 Å². The predicted molar refractivity (Wildman–Crippen MR) is 291 cm³/mol. The summed E-state index contributed by atoms with van der Waals surface area (Å²) in [6.45, 7) is 0. The van der Waals surface area contributed by atoms with Crippen molar-refractivity contribution < 1.29 is 0 Å². The number of nitrogens with zero attached hydrogens (tertiary/aromatic N) is 2. The Morgan fingerprint density at radius 1 is 0.429 bits per heavy atom. The summed E-state index contributed by atoms with van der Waals surface area (Å²) in [4.78, 5) is 2.51. The Bertz CT molecular complexity index is 3710. The van der Waals surface area contributed by atoms with Crippen LogP contribution in [0.2, 0.25) is 0 Å². The summed E-state index contributed by atoms with van der Waals surface area (Å²) in [5.41, 5.74) is 20.8. The number of hydrogen-bond donors (Lipinski definition) is 0. The summed E-state index contributed by atoms with van der Waals surface area (Å²) in [6.07, 6.45) is 17.7. The van der Waals surface area contributed by atoms with Crippen molar-refractivity contribution in [2.75, 3.05) is 4.90 Å². The summed E-state index contributed by atoms with van der Waals surface area (Å²) in [5, 5.41) is 2.53. The fourth-order valence-electron chi connectivity index (χ4n) is 13.2. The molecule has 9 aromatic carbocycles. The van der Waals surface area contributed by atoms with Crippen molar-refractivity contribution >= 4 is 33.2 Å². The standard InChI is InChI=1S/C68H50N2/c1-4-20-47(21-5-1)67(61-31-15-10-26-55(61)56-27-11-16-32-62(56)67)50-36-38-51(39-37-50)69(52-40-42-53(43-41-52)70-65-34-18-13-29-59(65)60-30-14-19-35-66(60)70)54-44-45-58-57-28-12-17-33-63(57)68(64(58)46-54,48-22-6-2-7-23-48)49-24-8-3-9-25-49/h1-2,4-8,10-36,38-46,50H,3,9,37H2. The van der Waals surface area contributed by atoms with Crippen LogP contribution in [0, 0.1) is 5.92 Å². The molecule has 70 heavy (non-hydrogen) atoms. The van der Waals surface area contributed by atoms with Crippen molar-refractivity contribution in [3.8, 4) is 27.9 Å². The van der Waals surface area contributed by atoms with Gasteiger partial charge in [0.25, 0.3) is 0 Å². The molecule has 0 aliphatic heterocycles. The van der Waals surface area contributed by atoms with Crippen LogP contribution in [-0.2, 0) is 10.8 Å². The van der Waals surface area contributed by atoms with Gasteiger partial charge in [-0.25, -0.2) is 0 Å². The topological polar surface area (TPSA) is 8.17 Å². The zero-order valence-electron chi connectivity index (χ0n) is 38.9. The molecule has 2 atom stereocenters. The van der Waals surface area contributed by atoms with Gasteiger partial charge in [0.05, 0.1) is 21.9 Å². The molecule has 4 aliphatic rings. The monoisotopic (exact) mass is 894 g/mol. The molecule has 4 aliphatic carbocycles. The molecule has 10 aromatic rings. The van der Waals surface area contributed by atoms with Gasteiger partial charge >= 0.3 is 0 Å². The van der Waals surface area contributed by atoms with Gasteiger partial charge in [0.1, 0.15) is 0 Å². The molecule has 0 radical (unpaired) electrons. The molecule has 2 nitrogen and oxygen atoms in total. The van der Waals surface area contributed by atoms with E-state index in [9.17, 15) is 0 Å². The van der Waals surface area contributed by atoms with E-state index in [0.29, 0.717) is 0 Å². The summed E-state index contributed by atoms with van der Waals surface area (Å²) in [7, 11) is 0. The molecule has 0 bridgehead atoms. The number of fused-ring (bicyclic) bond motifs is 9. The average Bonchev–Trinajstić information content (AvgIpc) is 4.05. The second-order valence-electron chi connectivity index (χ2n) is 19.3. The normalized spacial score (nSPS) is 18.2. The van der Waals surface area contributed by atoms with Crippen LogP contribution in [0.15, 0.2) is 272 Å². The molecule has 0 amide bonds. The SMILES string of the molecule is C1=CC(C2(c3ccccc3)c3ccccc3-c3ccc(N(C4=CCC(C5(c6ccccc6)c6ccccc6-c6ccccc65)C=C4)c4ccc(-n5c6ccccc6c6ccccc65)cc4)cc32)=CCC1. The third-order valence-electron chi connectivity index (χ3n) is 16.0. The maximum Gasteiger partial charge on any atom is 0.0711 e. The van der Waals surface area contributed by atoms with Crippen LogP contribution < -0.4 is 4.90 Å². The van der Waals surface area contributed by atoms with Gasteiger partial charge < -0.3 is 9.47 Å². The van der Waals surface area contributed by atoms with Crippen LogP contribution >= 0.6 is 0 Å². The predicted octanol–water partition coefficient (Wildman–Crippen LogP) is 17.0. The lowest BCUT2D eigenvalue weighted by molar-refractivity contribution is 0.456. The van der Waals surface area contributed by atoms with Gasteiger partial charge in [-0.15, -0.1) is 0 Å². The Balaban J connectivity index is 0.955. The second-order valence-corrected chi connectivity index (χ2v) is 19.3. The van der Waals surface area contributed by atoms with E-state index in [4.69, 9.17) is 0 Å². The molecular weight excluding hydrogens is 845 g/mol. The van der Waals surface area contributed by atoms with Crippen LogP contribution in [0.25, 0.3) is 49.7 Å². The van der Waals surface area contributed by atoms with Crippen LogP contribution in [0.4, 0.5) is 11.4 Å². The third-order valence-corrected chi connectivity index (χ3v) is 16.0. The Kier molecular flexibility index (Phi) is 9.32. The molecular formula is C68H50N2. The van der Waals surface area contributed by atoms with Gasteiger partial charge in [-0.2, -0.15) is 0 Å². The maximum atomic E-state index is 2.52. The first kappa shape index (κ1) is 40.6.